The Morgan fingerprint density at radius 3 is 1.02 bits per heavy atom. The van der Waals surface area contributed by atoms with Crippen LogP contribution in [0.1, 0.15) is 341 Å². The van der Waals surface area contributed by atoms with E-state index in [2.05, 4.69) is 19.2 Å². The zero-order valence-corrected chi connectivity index (χ0v) is 53.7. The van der Waals surface area contributed by atoms with Crippen LogP contribution in [0.4, 0.5) is 0 Å². The molecule has 0 aromatic carbocycles. The molecule has 0 radical (unpaired) electrons. The maximum Gasteiger partial charge on any atom is 0.220 e. The van der Waals surface area contributed by atoms with Crippen LogP contribution < -0.4 is 5.32 Å². The number of carbonyl (C=O) groups excluding carboxylic acids is 1. The zero-order valence-electron chi connectivity index (χ0n) is 53.7. The van der Waals surface area contributed by atoms with Crippen LogP contribution in [0.2, 0.25) is 0 Å². The Bertz CT molecular complexity index is 1400. The van der Waals surface area contributed by atoms with Gasteiger partial charge < -0.3 is 65.1 Å². The fourth-order valence-corrected chi connectivity index (χ4v) is 12.4. The van der Waals surface area contributed by atoms with Gasteiger partial charge in [-0.15, -0.1) is 0 Å². The van der Waals surface area contributed by atoms with Crippen LogP contribution >= 0.6 is 0 Å². The molecule has 12 unspecified atom stereocenters. The smallest absolute Gasteiger partial charge is 0.220 e. The summed E-state index contributed by atoms with van der Waals surface area (Å²) in [4.78, 5) is 13.4. The molecule has 12 atom stereocenters. The van der Waals surface area contributed by atoms with Crippen molar-refractivity contribution in [2.45, 2.75) is 415 Å². The lowest BCUT2D eigenvalue weighted by atomic mass is 9.97. The van der Waals surface area contributed by atoms with Gasteiger partial charge in [0.25, 0.3) is 0 Å². The average molecular weight is 1190 g/mol. The lowest BCUT2D eigenvalue weighted by Gasteiger charge is -2.46. The Morgan fingerprint density at radius 2 is 0.687 bits per heavy atom. The minimum Gasteiger partial charge on any atom is -0.394 e. The number of ether oxygens (including phenoxy) is 4. The molecule has 83 heavy (non-hydrogen) atoms. The van der Waals surface area contributed by atoms with Gasteiger partial charge in [-0.1, -0.05) is 322 Å². The van der Waals surface area contributed by atoms with Crippen LogP contribution in [0.25, 0.3) is 0 Å². The first-order valence-electron chi connectivity index (χ1n) is 35.8. The van der Waals surface area contributed by atoms with E-state index in [1.807, 2.05) is 0 Å². The number of carbonyl (C=O) groups is 1. The van der Waals surface area contributed by atoms with Gasteiger partial charge in [-0.05, 0) is 12.8 Å². The second-order valence-electron chi connectivity index (χ2n) is 25.7. The van der Waals surface area contributed by atoms with E-state index in [0.29, 0.717) is 12.8 Å². The first-order chi connectivity index (χ1) is 40.6. The predicted octanol–water partition coefficient (Wildman–Crippen LogP) is 14.4. The Labute approximate surface area is 508 Å². The number of rotatable bonds is 60. The number of aliphatic hydroxyl groups is 8. The number of amides is 1. The Kier molecular flexibility index (Phi) is 51.8. The quantitative estimate of drug-likeness (QED) is 0.0259. The van der Waals surface area contributed by atoms with Crippen LogP contribution in [0.5, 0.6) is 0 Å². The number of hydrogen-bond donors (Lipinski definition) is 9. The fraction of sp³-hybridized carbons (Fsp3) is 0.986. The van der Waals surface area contributed by atoms with Gasteiger partial charge in [0.1, 0.15) is 48.8 Å². The lowest BCUT2D eigenvalue weighted by molar-refractivity contribution is -0.359. The van der Waals surface area contributed by atoms with E-state index in [4.69, 9.17) is 18.9 Å². The van der Waals surface area contributed by atoms with E-state index >= 15 is 0 Å². The van der Waals surface area contributed by atoms with Gasteiger partial charge >= 0.3 is 0 Å². The summed E-state index contributed by atoms with van der Waals surface area (Å²) in [5.41, 5.74) is 0. The molecular weight excluding hydrogens is 1050 g/mol. The molecule has 0 saturated carbocycles. The highest BCUT2D eigenvalue weighted by atomic mass is 16.7. The SMILES string of the molecule is CCCCCCCCCCCCCCCCCCCCCCCCCCCCCCCC(=O)NC(COC1OC(CO)C(OC2OC(CO)C(O)C(O)C2O)C(O)C1O)C(O)CCCCCCCCCCCCCCCCCCCCCC. The first kappa shape index (κ1) is 78.1. The summed E-state index contributed by atoms with van der Waals surface area (Å²) >= 11 is 0. The van der Waals surface area contributed by atoms with E-state index in [-0.39, 0.29) is 12.5 Å². The van der Waals surface area contributed by atoms with Crippen molar-refractivity contribution in [1.29, 1.82) is 0 Å². The zero-order chi connectivity index (χ0) is 60.2. The van der Waals surface area contributed by atoms with Crippen LogP contribution in [-0.2, 0) is 23.7 Å². The largest absolute Gasteiger partial charge is 0.394 e. The first-order valence-corrected chi connectivity index (χ1v) is 35.8. The molecule has 0 aromatic heterocycles. The van der Waals surface area contributed by atoms with E-state index in [9.17, 15) is 45.6 Å². The summed E-state index contributed by atoms with van der Waals surface area (Å²) in [7, 11) is 0. The van der Waals surface area contributed by atoms with Crippen LogP contribution in [0.3, 0.4) is 0 Å². The molecule has 2 aliphatic rings. The van der Waals surface area contributed by atoms with Crippen LogP contribution in [0, 0.1) is 0 Å². The summed E-state index contributed by atoms with van der Waals surface area (Å²) < 4.78 is 22.9. The monoisotopic (exact) mass is 1190 g/mol. The molecule has 0 aromatic rings. The molecule has 1 amide bonds. The summed E-state index contributed by atoms with van der Waals surface area (Å²) in [5.74, 6) is -0.197. The van der Waals surface area contributed by atoms with Gasteiger partial charge in [0.2, 0.25) is 5.91 Å². The molecular formula is C69H135NO13. The third kappa shape index (κ3) is 39.6. The van der Waals surface area contributed by atoms with E-state index < -0.39 is 86.8 Å². The van der Waals surface area contributed by atoms with Gasteiger partial charge in [0.05, 0.1) is 32.0 Å². The molecule has 9 N–H and O–H groups in total. The molecule has 494 valence electrons. The molecule has 14 nitrogen and oxygen atoms in total. The topological polar surface area (TPSA) is 228 Å². The lowest BCUT2D eigenvalue weighted by Crippen LogP contribution is -2.65. The molecule has 2 saturated heterocycles. The molecule has 2 rings (SSSR count). The second kappa shape index (κ2) is 55.1. The number of unbranched alkanes of at least 4 members (excludes halogenated alkanes) is 47. The Morgan fingerprint density at radius 1 is 0.386 bits per heavy atom. The number of nitrogens with one attached hydrogen (secondary N) is 1. The van der Waals surface area contributed by atoms with Crippen molar-refractivity contribution in [1.82, 2.24) is 5.32 Å². The van der Waals surface area contributed by atoms with Crippen molar-refractivity contribution in [3.8, 4) is 0 Å². The van der Waals surface area contributed by atoms with Crippen molar-refractivity contribution in [2.24, 2.45) is 0 Å². The maximum absolute atomic E-state index is 13.4. The standard InChI is InChI=1S/C69H135NO13/c1-3-5-7-9-11-13-15-17-19-21-23-25-26-27-28-29-30-31-32-33-35-37-39-41-43-45-47-49-51-53-61(74)70-57(58(73)52-50-48-46-44-42-40-38-36-34-24-22-20-18-16-14-12-10-8-6-4-2)56-80-68-66(79)64(77)67(60(55-72)82-68)83-69-65(78)63(76)62(75)59(54-71)81-69/h57-60,62-69,71-73,75-79H,3-56H2,1-2H3,(H,70,74). The van der Waals surface area contributed by atoms with Crippen molar-refractivity contribution >= 4 is 5.91 Å². The number of hydrogen-bond acceptors (Lipinski definition) is 13. The average Bonchev–Trinajstić information content (AvgIpc) is 3.65. The fourth-order valence-electron chi connectivity index (χ4n) is 12.4. The van der Waals surface area contributed by atoms with Crippen molar-refractivity contribution in [3.63, 3.8) is 0 Å². The molecule has 0 spiro atoms. The third-order valence-corrected chi connectivity index (χ3v) is 18.1. The van der Waals surface area contributed by atoms with Crippen LogP contribution in [0.15, 0.2) is 0 Å². The molecule has 2 fully saturated rings. The highest BCUT2D eigenvalue weighted by Gasteiger charge is 2.51. The summed E-state index contributed by atoms with van der Waals surface area (Å²) in [6, 6.07) is -0.824. The maximum atomic E-state index is 13.4. The molecule has 2 aliphatic heterocycles. The minimum absolute atomic E-state index is 0.197. The van der Waals surface area contributed by atoms with Gasteiger partial charge in [-0.25, -0.2) is 0 Å². The molecule has 0 aliphatic carbocycles. The molecule has 14 heteroatoms. The van der Waals surface area contributed by atoms with Crippen molar-refractivity contribution < 1.29 is 64.6 Å². The van der Waals surface area contributed by atoms with Gasteiger partial charge in [-0.2, -0.15) is 0 Å². The summed E-state index contributed by atoms with van der Waals surface area (Å²) in [6.07, 6.45) is 48.4. The Hall–Kier alpha value is -1.01. The van der Waals surface area contributed by atoms with Crippen molar-refractivity contribution in [3.05, 3.63) is 0 Å². The minimum atomic E-state index is -1.78. The second-order valence-corrected chi connectivity index (χ2v) is 25.7. The van der Waals surface area contributed by atoms with Crippen LogP contribution in [-0.4, -0.2) is 140 Å². The summed E-state index contributed by atoms with van der Waals surface area (Å²) in [6.45, 7) is 2.93. The summed E-state index contributed by atoms with van der Waals surface area (Å²) in [5, 5.41) is 87.6. The third-order valence-electron chi connectivity index (χ3n) is 18.1. The molecule has 0 bridgehead atoms. The predicted molar refractivity (Wildman–Crippen MR) is 337 cm³/mol. The van der Waals surface area contributed by atoms with Gasteiger partial charge in [-0.3, -0.25) is 4.79 Å². The number of aliphatic hydroxyl groups excluding tert-OH is 8. The normalized spacial score (nSPS) is 23.7. The van der Waals surface area contributed by atoms with E-state index in [0.717, 1.165) is 51.4 Å². The van der Waals surface area contributed by atoms with Gasteiger partial charge in [0.15, 0.2) is 12.6 Å². The van der Waals surface area contributed by atoms with E-state index in [1.54, 1.807) is 0 Å². The highest BCUT2D eigenvalue weighted by molar-refractivity contribution is 5.76. The molecule has 2 heterocycles. The van der Waals surface area contributed by atoms with E-state index in [1.165, 1.54) is 263 Å². The van der Waals surface area contributed by atoms with Crippen molar-refractivity contribution in [2.75, 3.05) is 19.8 Å². The van der Waals surface area contributed by atoms with Gasteiger partial charge in [0, 0.05) is 6.42 Å². The Balaban J connectivity index is 1.64. The highest BCUT2D eigenvalue weighted by Crippen LogP contribution is 2.30.